The molecule has 4 aromatic rings. The van der Waals surface area contributed by atoms with Gasteiger partial charge in [-0.1, -0.05) is 48.5 Å². The van der Waals surface area contributed by atoms with E-state index in [0.29, 0.717) is 22.5 Å². The van der Waals surface area contributed by atoms with Crippen molar-refractivity contribution in [2.75, 3.05) is 11.5 Å². The molecule has 0 atom stereocenters. The predicted molar refractivity (Wildman–Crippen MR) is 127 cm³/mol. The van der Waals surface area contributed by atoms with Gasteiger partial charge in [0.2, 0.25) is 9.84 Å². The number of nitrogen functional groups attached to an aromatic ring is 2. The molecule has 6 nitrogen and oxygen atoms in total. The smallest absolute Gasteiger partial charge is 0.206 e. The van der Waals surface area contributed by atoms with Crippen molar-refractivity contribution in [3.8, 4) is 0 Å². The van der Waals surface area contributed by atoms with Crippen molar-refractivity contribution in [1.82, 2.24) is 0 Å². The maximum absolute atomic E-state index is 13.3. The molecule has 0 aliphatic heterocycles. The van der Waals surface area contributed by atoms with Crippen LogP contribution < -0.4 is 11.5 Å². The van der Waals surface area contributed by atoms with Crippen molar-refractivity contribution in [2.45, 2.75) is 9.79 Å². The second kappa shape index (κ2) is 8.72. The van der Waals surface area contributed by atoms with Crippen molar-refractivity contribution in [1.29, 1.82) is 0 Å². The molecule has 0 heterocycles. The third kappa shape index (κ3) is 4.53. The third-order valence-electron chi connectivity index (χ3n) is 5.11. The zero-order valence-electron chi connectivity index (χ0n) is 17.4. The molecule has 0 aromatic heterocycles. The zero-order chi connectivity index (χ0) is 23.6. The fourth-order valence-electron chi connectivity index (χ4n) is 3.44. The number of benzene rings is 4. The standard InChI is InChI=1S/C26H20N2O4S/c27-21-9-1-5-17(13-21)25(29)19-7-3-11-23(15-19)33(31,32)24-12-4-8-20(16-24)26(30)18-6-2-10-22(28)14-18/h1-16H,27-28H2. The van der Waals surface area contributed by atoms with Gasteiger partial charge in [0.05, 0.1) is 9.79 Å². The van der Waals surface area contributed by atoms with Gasteiger partial charge in [-0.2, -0.15) is 0 Å². The first-order valence-corrected chi connectivity index (χ1v) is 11.5. The average Bonchev–Trinajstić information content (AvgIpc) is 2.83. The molecule has 0 saturated heterocycles. The van der Waals surface area contributed by atoms with E-state index in [1.165, 1.54) is 48.5 Å². The highest BCUT2D eigenvalue weighted by molar-refractivity contribution is 7.91. The van der Waals surface area contributed by atoms with Gasteiger partial charge in [0.15, 0.2) is 11.6 Å². The Bertz CT molecular complexity index is 1390. The summed E-state index contributed by atoms with van der Waals surface area (Å²) in [5.41, 5.74) is 13.5. The molecule has 164 valence electrons. The number of hydrogen-bond acceptors (Lipinski definition) is 6. The predicted octanol–water partition coefficient (Wildman–Crippen LogP) is 4.15. The van der Waals surface area contributed by atoms with E-state index >= 15 is 0 Å². The van der Waals surface area contributed by atoms with E-state index in [9.17, 15) is 18.0 Å². The van der Waals surface area contributed by atoms with Gasteiger partial charge in [0.25, 0.3) is 0 Å². The van der Waals surface area contributed by atoms with Gasteiger partial charge in [-0.3, -0.25) is 9.59 Å². The summed E-state index contributed by atoms with van der Waals surface area (Å²) in [6.07, 6.45) is 0. The molecule has 4 N–H and O–H groups in total. The summed E-state index contributed by atoms with van der Waals surface area (Å²) in [6.45, 7) is 0. The first-order chi connectivity index (χ1) is 15.8. The van der Waals surface area contributed by atoms with E-state index < -0.39 is 9.84 Å². The van der Waals surface area contributed by atoms with Gasteiger partial charge >= 0.3 is 0 Å². The molecule has 4 rings (SSSR count). The molecule has 0 unspecified atom stereocenters. The number of sulfone groups is 1. The van der Waals surface area contributed by atoms with E-state index in [2.05, 4.69) is 0 Å². The second-order valence-electron chi connectivity index (χ2n) is 7.47. The van der Waals surface area contributed by atoms with Crippen LogP contribution in [0.2, 0.25) is 0 Å². The van der Waals surface area contributed by atoms with Gasteiger partial charge < -0.3 is 11.5 Å². The van der Waals surface area contributed by atoms with Crippen LogP contribution in [0.1, 0.15) is 31.8 Å². The lowest BCUT2D eigenvalue weighted by Gasteiger charge is -2.09. The molecule has 4 aromatic carbocycles. The summed E-state index contributed by atoms with van der Waals surface area (Å²) in [5, 5.41) is 0. The molecule has 0 saturated carbocycles. The van der Waals surface area contributed by atoms with Gasteiger partial charge in [-0.25, -0.2) is 8.42 Å². The summed E-state index contributed by atoms with van der Waals surface area (Å²) >= 11 is 0. The number of anilines is 2. The van der Waals surface area contributed by atoms with Gasteiger partial charge in [-0.05, 0) is 48.5 Å². The number of ketones is 2. The lowest BCUT2D eigenvalue weighted by Crippen LogP contribution is -2.08. The second-order valence-corrected chi connectivity index (χ2v) is 9.42. The number of rotatable bonds is 6. The lowest BCUT2D eigenvalue weighted by atomic mass is 10.0. The van der Waals surface area contributed by atoms with Crippen molar-refractivity contribution in [3.63, 3.8) is 0 Å². The molecular weight excluding hydrogens is 436 g/mol. The fourth-order valence-corrected chi connectivity index (χ4v) is 4.79. The van der Waals surface area contributed by atoms with Crippen LogP contribution in [0.4, 0.5) is 11.4 Å². The average molecular weight is 457 g/mol. The third-order valence-corrected chi connectivity index (χ3v) is 6.86. The van der Waals surface area contributed by atoms with Crippen LogP contribution in [0, 0.1) is 0 Å². The highest BCUT2D eigenvalue weighted by Gasteiger charge is 2.21. The van der Waals surface area contributed by atoms with Crippen LogP contribution in [0.15, 0.2) is 107 Å². The Morgan fingerprint density at radius 1 is 0.515 bits per heavy atom. The Morgan fingerprint density at radius 2 is 0.848 bits per heavy atom. The minimum Gasteiger partial charge on any atom is -0.399 e. The lowest BCUT2D eigenvalue weighted by molar-refractivity contribution is 0.103. The van der Waals surface area contributed by atoms with Gasteiger partial charge in [-0.15, -0.1) is 0 Å². The van der Waals surface area contributed by atoms with E-state index in [1.54, 1.807) is 48.5 Å². The fraction of sp³-hybridized carbons (Fsp3) is 0. The summed E-state index contributed by atoms with van der Waals surface area (Å²) in [4.78, 5) is 25.6. The molecule has 0 amide bonds. The molecule has 0 aliphatic carbocycles. The quantitative estimate of drug-likeness (QED) is 0.332. The normalized spacial score (nSPS) is 11.2. The largest absolute Gasteiger partial charge is 0.399 e. The van der Waals surface area contributed by atoms with E-state index in [1.807, 2.05) is 0 Å². The molecule has 33 heavy (non-hydrogen) atoms. The van der Waals surface area contributed by atoms with Crippen LogP contribution in [0.25, 0.3) is 0 Å². The zero-order valence-corrected chi connectivity index (χ0v) is 18.3. The molecule has 7 heteroatoms. The maximum atomic E-state index is 13.3. The number of hydrogen-bond donors (Lipinski definition) is 2. The first kappa shape index (κ1) is 22.0. The van der Waals surface area contributed by atoms with Crippen molar-refractivity contribution < 1.29 is 18.0 Å². The monoisotopic (exact) mass is 456 g/mol. The highest BCUT2D eigenvalue weighted by Crippen LogP contribution is 2.25. The Balaban J connectivity index is 1.69. The summed E-state index contributed by atoms with van der Waals surface area (Å²) < 4.78 is 26.6. The molecule has 0 fully saturated rings. The van der Waals surface area contributed by atoms with Crippen molar-refractivity contribution in [2.24, 2.45) is 0 Å². The minimum absolute atomic E-state index is 0.0502. The molecule has 0 bridgehead atoms. The van der Waals surface area contributed by atoms with Crippen LogP contribution in [0.3, 0.4) is 0 Å². The Hall–Kier alpha value is -4.23. The molecule has 0 spiro atoms. The molecule has 0 aliphatic rings. The number of nitrogens with two attached hydrogens (primary N) is 2. The van der Waals surface area contributed by atoms with E-state index in [4.69, 9.17) is 11.5 Å². The number of carbonyl (C=O) groups excluding carboxylic acids is 2. The highest BCUT2D eigenvalue weighted by atomic mass is 32.2. The summed E-state index contributed by atoms with van der Waals surface area (Å²) in [7, 11) is -3.99. The Kier molecular flexibility index (Phi) is 5.81. The van der Waals surface area contributed by atoms with Crippen LogP contribution in [-0.2, 0) is 9.84 Å². The van der Waals surface area contributed by atoms with Crippen LogP contribution in [-0.4, -0.2) is 20.0 Å². The molecule has 0 radical (unpaired) electrons. The van der Waals surface area contributed by atoms with Crippen LogP contribution >= 0.6 is 0 Å². The maximum Gasteiger partial charge on any atom is 0.206 e. The molecular formula is C26H20N2O4S. The topological polar surface area (TPSA) is 120 Å². The van der Waals surface area contributed by atoms with E-state index in [-0.39, 0.29) is 32.5 Å². The van der Waals surface area contributed by atoms with Crippen molar-refractivity contribution in [3.05, 3.63) is 119 Å². The Morgan fingerprint density at radius 3 is 1.21 bits per heavy atom. The van der Waals surface area contributed by atoms with Crippen molar-refractivity contribution >= 4 is 32.8 Å². The van der Waals surface area contributed by atoms with Gasteiger partial charge in [0.1, 0.15) is 0 Å². The minimum atomic E-state index is -3.99. The summed E-state index contributed by atoms with van der Waals surface area (Å²) in [6, 6.07) is 24.5. The van der Waals surface area contributed by atoms with E-state index in [0.717, 1.165) is 0 Å². The van der Waals surface area contributed by atoms with Gasteiger partial charge in [0, 0.05) is 33.6 Å². The SMILES string of the molecule is Nc1cccc(C(=O)c2cccc(S(=O)(=O)c3cccc(C(=O)c4cccc(N)c4)c3)c2)c1. The Labute approximate surface area is 191 Å². The van der Waals surface area contributed by atoms with Crippen LogP contribution in [0.5, 0.6) is 0 Å². The first-order valence-electron chi connectivity index (χ1n) is 10.0. The summed E-state index contributed by atoms with van der Waals surface area (Å²) in [5.74, 6) is -0.685. The number of carbonyl (C=O) groups is 2.